The highest BCUT2D eigenvalue weighted by Gasteiger charge is 2.04. The normalized spacial score (nSPS) is 11.6. The van der Waals surface area contributed by atoms with E-state index in [9.17, 15) is 9.59 Å². The summed E-state index contributed by atoms with van der Waals surface area (Å²) >= 11 is 0. The lowest BCUT2D eigenvalue weighted by Crippen LogP contribution is -1.94. The van der Waals surface area contributed by atoms with Gasteiger partial charge in [-0.1, -0.05) is 86.2 Å². The maximum atomic E-state index is 10.7. The Morgan fingerprint density at radius 3 is 2.08 bits per heavy atom. The fraction of sp³-hybridized carbons (Fsp3) is 0.217. The molecule has 2 aromatic rings. The molecule has 2 nitrogen and oxygen atoms in total. The number of benzene rings is 2. The third-order valence-electron chi connectivity index (χ3n) is 3.75. The quantitative estimate of drug-likeness (QED) is 0.357. The molecule has 1 unspecified atom stereocenters. The molecule has 0 spiro atoms. The average Bonchev–Trinajstić information content (AvgIpc) is 2.69. The van der Waals surface area contributed by atoms with Crippen molar-refractivity contribution < 1.29 is 9.59 Å². The van der Waals surface area contributed by atoms with Crippen molar-refractivity contribution in [2.24, 2.45) is 0 Å². The largest absolute Gasteiger partial charge is 0.303 e. The van der Waals surface area contributed by atoms with E-state index in [0.29, 0.717) is 6.42 Å². The van der Waals surface area contributed by atoms with Gasteiger partial charge in [0.05, 0.1) is 0 Å². The molecule has 0 N–H and O–H groups in total. The van der Waals surface area contributed by atoms with Crippen LogP contribution in [0.4, 0.5) is 0 Å². The summed E-state index contributed by atoms with van der Waals surface area (Å²) in [6.07, 6.45) is 8.21. The summed E-state index contributed by atoms with van der Waals surface area (Å²) in [4.78, 5) is 21.0. The molecule has 1 atom stereocenters. The van der Waals surface area contributed by atoms with E-state index in [1.165, 1.54) is 0 Å². The van der Waals surface area contributed by atoms with Gasteiger partial charge >= 0.3 is 0 Å². The molecule has 2 rings (SSSR count). The van der Waals surface area contributed by atoms with Crippen molar-refractivity contribution in [1.82, 2.24) is 0 Å². The Hall–Kier alpha value is -2.74. The molecule has 0 aliphatic rings. The molecule has 0 fully saturated rings. The fourth-order valence-corrected chi connectivity index (χ4v) is 2.34. The number of rotatable bonds is 8. The summed E-state index contributed by atoms with van der Waals surface area (Å²) in [5, 5.41) is 0. The highest BCUT2D eigenvalue weighted by molar-refractivity contribution is 6.06. The Kier molecular flexibility index (Phi) is 10.3. The van der Waals surface area contributed by atoms with Gasteiger partial charge < -0.3 is 4.79 Å². The first kappa shape index (κ1) is 20.3. The summed E-state index contributed by atoms with van der Waals surface area (Å²) < 4.78 is 0. The molecule has 0 saturated carbocycles. The predicted octanol–water partition coefficient (Wildman–Crippen LogP) is 5.61. The molecular weight excluding hydrogens is 308 g/mol. The van der Waals surface area contributed by atoms with Crippen molar-refractivity contribution in [3.05, 3.63) is 90.5 Å². The number of carbonyl (C=O) groups is 2. The van der Waals surface area contributed by atoms with Gasteiger partial charge in [0.1, 0.15) is 12.6 Å². The summed E-state index contributed by atoms with van der Waals surface area (Å²) in [5.41, 5.74) is 2.95. The Balaban J connectivity index is 0.000000251. The van der Waals surface area contributed by atoms with Crippen molar-refractivity contribution in [3.8, 4) is 0 Å². The molecule has 25 heavy (non-hydrogen) atoms. The monoisotopic (exact) mass is 334 g/mol. The van der Waals surface area contributed by atoms with Crippen molar-refractivity contribution in [1.29, 1.82) is 0 Å². The van der Waals surface area contributed by atoms with Crippen molar-refractivity contribution in [2.75, 3.05) is 0 Å². The van der Waals surface area contributed by atoms with Crippen LogP contribution < -0.4 is 0 Å². The van der Waals surface area contributed by atoms with Crippen LogP contribution in [0, 0.1) is 0 Å². The summed E-state index contributed by atoms with van der Waals surface area (Å²) in [6, 6.07) is 19.7. The molecule has 0 bridgehead atoms. The van der Waals surface area contributed by atoms with Gasteiger partial charge in [0, 0.05) is 17.9 Å². The van der Waals surface area contributed by atoms with Crippen LogP contribution in [-0.4, -0.2) is 12.6 Å². The van der Waals surface area contributed by atoms with Crippen LogP contribution in [0.25, 0.3) is 5.57 Å². The van der Waals surface area contributed by atoms with E-state index >= 15 is 0 Å². The minimum atomic E-state index is 0.170. The van der Waals surface area contributed by atoms with Gasteiger partial charge in [-0.25, -0.2) is 0 Å². The highest BCUT2D eigenvalue weighted by Crippen LogP contribution is 2.18. The molecule has 0 heterocycles. The smallest absolute Gasteiger partial charge is 0.150 e. The second-order valence-electron chi connectivity index (χ2n) is 5.59. The van der Waals surface area contributed by atoms with Gasteiger partial charge in [-0.3, -0.25) is 4.79 Å². The Morgan fingerprint density at radius 2 is 1.60 bits per heavy atom. The van der Waals surface area contributed by atoms with Crippen LogP contribution in [0.2, 0.25) is 0 Å². The zero-order valence-electron chi connectivity index (χ0n) is 14.8. The van der Waals surface area contributed by atoms with Crippen LogP contribution in [-0.2, 0) is 9.59 Å². The minimum Gasteiger partial charge on any atom is -0.303 e. The van der Waals surface area contributed by atoms with Gasteiger partial charge in [0.25, 0.3) is 0 Å². The number of unbranched alkanes of at least 4 members (excludes halogenated alkanes) is 1. The molecule has 0 radical (unpaired) electrons. The second kappa shape index (κ2) is 12.7. The van der Waals surface area contributed by atoms with E-state index in [-0.39, 0.29) is 5.92 Å². The lowest BCUT2D eigenvalue weighted by Gasteiger charge is -2.07. The van der Waals surface area contributed by atoms with Gasteiger partial charge in [0.15, 0.2) is 0 Å². The maximum Gasteiger partial charge on any atom is 0.150 e. The van der Waals surface area contributed by atoms with Gasteiger partial charge in [-0.2, -0.15) is 0 Å². The number of aldehydes is 2. The van der Waals surface area contributed by atoms with Crippen LogP contribution in [0.15, 0.2) is 79.4 Å². The van der Waals surface area contributed by atoms with Crippen LogP contribution >= 0.6 is 0 Å². The molecular formula is C23H26O2. The predicted molar refractivity (Wildman–Crippen MR) is 105 cm³/mol. The van der Waals surface area contributed by atoms with E-state index < -0.39 is 0 Å². The Morgan fingerprint density at radius 1 is 1.00 bits per heavy atom. The molecule has 0 aromatic heterocycles. The molecule has 130 valence electrons. The first-order valence-electron chi connectivity index (χ1n) is 8.58. The zero-order chi connectivity index (χ0) is 18.3. The van der Waals surface area contributed by atoms with Crippen LogP contribution in [0.1, 0.15) is 43.2 Å². The number of allylic oxidation sites excluding steroid dienone is 3. The SMILES string of the molecule is C=CC(CC=O)c1ccccc1.CCCC=C(C=O)c1ccccc1. The topological polar surface area (TPSA) is 34.1 Å². The molecule has 0 aliphatic carbocycles. The Bertz CT molecular complexity index is 657. The molecule has 0 aliphatic heterocycles. The third-order valence-corrected chi connectivity index (χ3v) is 3.75. The maximum absolute atomic E-state index is 10.7. The first-order valence-corrected chi connectivity index (χ1v) is 8.58. The lowest BCUT2D eigenvalue weighted by atomic mass is 9.97. The van der Waals surface area contributed by atoms with Crippen molar-refractivity contribution >= 4 is 18.1 Å². The van der Waals surface area contributed by atoms with E-state index in [0.717, 1.165) is 42.1 Å². The summed E-state index contributed by atoms with van der Waals surface area (Å²) in [5.74, 6) is 0.170. The summed E-state index contributed by atoms with van der Waals surface area (Å²) in [7, 11) is 0. The summed E-state index contributed by atoms with van der Waals surface area (Å²) in [6.45, 7) is 5.80. The van der Waals surface area contributed by atoms with Gasteiger partial charge in [-0.05, 0) is 17.5 Å². The van der Waals surface area contributed by atoms with Crippen LogP contribution in [0.5, 0.6) is 0 Å². The average molecular weight is 334 g/mol. The van der Waals surface area contributed by atoms with E-state index in [1.807, 2.05) is 72.8 Å². The number of hydrogen-bond donors (Lipinski definition) is 0. The van der Waals surface area contributed by atoms with Crippen molar-refractivity contribution in [2.45, 2.75) is 32.1 Å². The molecule has 2 heteroatoms. The number of hydrogen-bond acceptors (Lipinski definition) is 2. The lowest BCUT2D eigenvalue weighted by molar-refractivity contribution is -0.108. The highest BCUT2D eigenvalue weighted by atomic mass is 16.1. The number of carbonyl (C=O) groups excluding carboxylic acids is 2. The van der Waals surface area contributed by atoms with Gasteiger partial charge in [0.2, 0.25) is 0 Å². The molecule has 0 saturated heterocycles. The third kappa shape index (κ3) is 7.58. The molecule has 2 aromatic carbocycles. The van der Waals surface area contributed by atoms with E-state index in [1.54, 1.807) is 0 Å². The fourth-order valence-electron chi connectivity index (χ4n) is 2.34. The van der Waals surface area contributed by atoms with Crippen LogP contribution in [0.3, 0.4) is 0 Å². The molecule has 0 amide bonds. The zero-order valence-corrected chi connectivity index (χ0v) is 14.8. The van der Waals surface area contributed by atoms with Gasteiger partial charge in [-0.15, -0.1) is 6.58 Å². The Labute approximate surface area is 150 Å². The second-order valence-corrected chi connectivity index (χ2v) is 5.59. The van der Waals surface area contributed by atoms with E-state index in [4.69, 9.17) is 0 Å². The van der Waals surface area contributed by atoms with E-state index in [2.05, 4.69) is 13.5 Å². The first-order chi connectivity index (χ1) is 12.3. The van der Waals surface area contributed by atoms with Crippen molar-refractivity contribution in [3.63, 3.8) is 0 Å². The minimum absolute atomic E-state index is 0.170. The standard InChI is InChI=1S/C12H14O.C11H12O/c1-2-3-7-12(10-13)11-8-5-4-6-9-11;1-2-10(8-9-12)11-6-4-3-5-7-11/h4-10H,2-3H2,1H3;2-7,9-10H,1,8H2.